The second kappa shape index (κ2) is 10.2. The minimum absolute atomic E-state index is 0.0781. The second-order valence-corrected chi connectivity index (χ2v) is 7.85. The van der Waals surface area contributed by atoms with Gasteiger partial charge in [-0.2, -0.15) is 0 Å². The zero-order valence-corrected chi connectivity index (χ0v) is 17.7. The Morgan fingerprint density at radius 3 is 2.96 bits per heavy atom. The summed E-state index contributed by atoms with van der Waals surface area (Å²) < 4.78 is 2.06. The van der Waals surface area contributed by atoms with Gasteiger partial charge < -0.3 is 15.2 Å². The molecule has 1 unspecified atom stereocenters. The normalized spacial score (nSPS) is 12.8. The molecule has 0 saturated carbocycles. The molecule has 2 aromatic heterocycles. The van der Waals surface area contributed by atoms with Crippen LogP contribution in [0.4, 0.5) is 0 Å². The van der Waals surface area contributed by atoms with Crippen LogP contribution in [0, 0.1) is 0 Å². The zero-order valence-electron chi connectivity index (χ0n) is 16.1. The molecular weight excluding hydrogens is 392 g/mol. The van der Waals surface area contributed by atoms with Gasteiger partial charge in [-0.3, -0.25) is 0 Å². The third-order valence-electron chi connectivity index (χ3n) is 4.33. The Hall–Kier alpha value is -2.38. The molecule has 0 bridgehead atoms. The Morgan fingerprint density at radius 1 is 1.32 bits per heavy atom. The largest absolute Gasteiger partial charge is 0.355 e. The van der Waals surface area contributed by atoms with Gasteiger partial charge in [0, 0.05) is 29.4 Å². The van der Waals surface area contributed by atoms with Crippen molar-refractivity contribution in [3.05, 3.63) is 69.4 Å². The molecule has 0 aliphatic carbocycles. The number of hydrogen-bond acceptors (Lipinski definition) is 4. The number of aliphatic imine (C=N–C) groups is 1. The Morgan fingerprint density at radius 2 is 2.21 bits per heavy atom. The molecule has 0 fully saturated rings. The van der Waals surface area contributed by atoms with Gasteiger partial charge in [0.15, 0.2) is 5.96 Å². The average Bonchev–Trinajstić information content (AvgIpc) is 3.37. The Bertz CT molecular complexity index is 890. The van der Waals surface area contributed by atoms with E-state index in [1.807, 2.05) is 24.3 Å². The van der Waals surface area contributed by atoms with E-state index in [1.165, 1.54) is 4.88 Å². The molecule has 0 spiro atoms. The van der Waals surface area contributed by atoms with E-state index >= 15 is 0 Å². The second-order valence-electron chi connectivity index (χ2n) is 6.39. The number of benzene rings is 1. The molecule has 2 heterocycles. The number of guanidine groups is 1. The summed E-state index contributed by atoms with van der Waals surface area (Å²) >= 11 is 7.84. The van der Waals surface area contributed by atoms with Crippen LogP contribution in [-0.2, 0) is 19.5 Å². The Balaban J connectivity index is 1.65. The molecule has 148 valence electrons. The van der Waals surface area contributed by atoms with Crippen molar-refractivity contribution in [3.63, 3.8) is 0 Å². The van der Waals surface area contributed by atoms with E-state index in [4.69, 9.17) is 16.6 Å². The van der Waals surface area contributed by atoms with E-state index in [1.54, 1.807) is 17.7 Å². The van der Waals surface area contributed by atoms with Crippen molar-refractivity contribution in [2.45, 2.75) is 39.4 Å². The molecule has 2 N–H and O–H groups in total. The first-order chi connectivity index (χ1) is 13.7. The number of aryl methyl sites for hydroxylation is 1. The number of hydrogen-bond donors (Lipinski definition) is 2. The summed E-state index contributed by atoms with van der Waals surface area (Å²) in [5.41, 5.74) is 1.12. The molecule has 0 aliphatic heterocycles. The van der Waals surface area contributed by atoms with Gasteiger partial charge >= 0.3 is 0 Å². The molecule has 0 saturated heterocycles. The fourth-order valence-corrected chi connectivity index (χ4v) is 3.64. The number of nitrogens with one attached hydrogen (secondary N) is 2. The number of rotatable bonds is 8. The van der Waals surface area contributed by atoms with Crippen LogP contribution in [0.5, 0.6) is 0 Å². The maximum atomic E-state index is 6.14. The molecule has 0 aliphatic rings. The van der Waals surface area contributed by atoms with Gasteiger partial charge in [-0.05, 0) is 36.1 Å². The van der Waals surface area contributed by atoms with Gasteiger partial charge in [-0.1, -0.05) is 36.7 Å². The van der Waals surface area contributed by atoms with Crippen LogP contribution < -0.4 is 10.6 Å². The minimum atomic E-state index is 0.0781. The first-order valence-corrected chi connectivity index (χ1v) is 10.6. The molecule has 1 atom stereocenters. The third kappa shape index (κ3) is 5.81. The van der Waals surface area contributed by atoms with Crippen molar-refractivity contribution in [3.8, 4) is 0 Å². The van der Waals surface area contributed by atoms with Crippen molar-refractivity contribution in [1.82, 2.24) is 25.4 Å². The maximum Gasteiger partial charge on any atom is 0.192 e. The molecule has 28 heavy (non-hydrogen) atoms. The predicted molar refractivity (Wildman–Crippen MR) is 116 cm³/mol. The molecule has 3 rings (SSSR count). The average molecular weight is 417 g/mol. The van der Waals surface area contributed by atoms with Gasteiger partial charge in [-0.25, -0.2) is 4.99 Å². The minimum Gasteiger partial charge on any atom is -0.355 e. The van der Waals surface area contributed by atoms with Gasteiger partial charge in [0.2, 0.25) is 0 Å². The topological polar surface area (TPSA) is 67.1 Å². The van der Waals surface area contributed by atoms with Crippen LogP contribution in [-0.4, -0.2) is 27.3 Å². The lowest BCUT2D eigenvalue weighted by atomic mass is 10.1. The van der Waals surface area contributed by atoms with Gasteiger partial charge in [0.05, 0.1) is 12.6 Å². The highest BCUT2D eigenvalue weighted by Crippen LogP contribution is 2.17. The van der Waals surface area contributed by atoms with Gasteiger partial charge in [0.25, 0.3) is 0 Å². The van der Waals surface area contributed by atoms with Crippen molar-refractivity contribution in [2.24, 2.45) is 4.99 Å². The summed E-state index contributed by atoms with van der Waals surface area (Å²) in [5.74, 6) is 1.76. The SMILES string of the molecule is CCc1nncn1CCNC(=NCc1cccs1)NC(C)c1cccc(Cl)c1. The summed E-state index contributed by atoms with van der Waals surface area (Å²) in [6.45, 7) is 6.33. The Labute approximate surface area is 174 Å². The van der Waals surface area contributed by atoms with E-state index in [9.17, 15) is 0 Å². The zero-order chi connectivity index (χ0) is 19.8. The van der Waals surface area contributed by atoms with E-state index < -0.39 is 0 Å². The van der Waals surface area contributed by atoms with Crippen LogP contribution in [0.25, 0.3) is 0 Å². The molecule has 0 radical (unpaired) electrons. The van der Waals surface area contributed by atoms with Crippen molar-refractivity contribution in [1.29, 1.82) is 0 Å². The van der Waals surface area contributed by atoms with Crippen LogP contribution in [0.1, 0.15) is 36.2 Å². The predicted octanol–water partition coefficient (Wildman–Crippen LogP) is 4.05. The lowest BCUT2D eigenvalue weighted by Crippen LogP contribution is -2.40. The lowest BCUT2D eigenvalue weighted by Gasteiger charge is -2.19. The number of nitrogens with zero attached hydrogens (tertiary/aromatic N) is 4. The first-order valence-electron chi connectivity index (χ1n) is 9.35. The molecule has 8 heteroatoms. The lowest BCUT2D eigenvalue weighted by molar-refractivity contribution is 0.619. The van der Waals surface area contributed by atoms with Crippen molar-refractivity contribution in [2.75, 3.05) is 6.54 Å². The van der Waals surface area contributed by atoms with Gasteiger partial charge in [-0.15, -0.1) is 21.5 Å². The highest BCUT2D eigenvalue weighted by atomic mass is 35.5. The third-order valence-corrected chi connectivity index (χ3v) is 5.43. The highest BCUT2D eigenvalue weighted by molar-refractivity contribution is 7.09. The number of thiophene rings is 1. The van der Waals surface area contributed by atoms with Crippen LogP contribution in [0.3, 0.4) is 0 Å². The quantitative estimate of drug-likeness (QED) is 0.429. The standard InChI is InChI=1S/C20H25ClN6S/c1-3-19-26-24-14-27(19)10-9-22-20(23-13-18-8-5-11-28-18)25-15(2)16-6-4-7-17(21)12-16/h4-8,11-12,14-15H,3,9-10,13H2,1-2H3,(H2,22,23,25). The molecule has 0 amide bonds. The Kier molecular flexibility index (Phi) is 7.45. The van der Waals surface area contributed by atoms with Crippen LogP contribution in [0.2, 0.25) is 5.02 Å². The highest BCUT2D eigenvalue weighted by Gasteiger charge is 2.09. The maximum absolute atomic E-state index is 6.14. The smallest absolute Gasteiger partial charge is 0.192 e. The fourth-order valence-electron chi connectivity index (χ4n) is 2.81. The molecule has 3 aromatic rings. The van der Waals surface area contributed by atoms with Crippen LogP contribution >= 0.6 is 22.9 Å². The van der Waals surface area contributed by atoms with Gasteiger partial charge in [0.1, 0.15) is 12.2 Å². The van der Waals surface area contributed by atoms with Crippen molar-refractivity contribution < 1.29 is 0 Å². The fraction of sp³-hybridized carbons (Fsp3) is 0.350. The molecular formula is C20H25ClN6S. The van der Waals surface area contributed by atoms with Crippen molar-refractivity contribution >= 4 is 28.9 Å². The van der Waals surface area contributed by atoms with E-state index in [2.05, 4.69) is 56.8 Å². The van der Waals surface area contributed by atoms with E-state index in [0.29, 0.717) is 6.54 Å². The summed E-state index contributed by atoms with van der Waals surface area (Å²) in [5, 5.41) is 17.8. The first kappa shape index (κ1) is 20.4. The number of aromatic nitrogens is 3. The van der Waals surface area contributed by atoms with Crippen LogP contribution in [0.15, 0.2) is 53.1 Å². The summed E-state index contributed by atoms with van der Waals surface area (Å²) in [6.07, 6.45) is 2.63. The summed E-state index contributed by atoms with van der Waals surface area (Å²) in [6, 6.07) is 12.1. The summed E-state index contributed by atoms with van der Waals surface area (Å²) in [7, 11) is 0. The molecule has 1 aromatic carbocycles. The monoisotopic (exact) mass is 416 g/mol. The summed E-state index contributed by atoms with van der Waals surface area (Å²) in [4.78, 5) is 5.97. The number of halogens is 1. The molecule has 6 nitrogen and oxygen atoms in total. The van der Waals surface area contributed by atoms with E-state index in [0.717, 1.165) is 41.9 Å². The van der Waals surface area contributed by atoms with E-state index in [-0.39, 0.29) is 6.04 Å².